The molecule has 2 fully saturated rings. The van der Waals surface area contributed by atoms with Crippen LogP contribution in [0.1, 0.15) is 33.4 Å². The molecule has 3 rings (SSSR count). The van der Waals surface area contributed by atoms with Crippen molar-refractivity contribution in [3.8, 4) is 0 Å². The molecule has 0 atom stereocenters. The van der Waals surface area contributed by atoms with Crippen LogP contribution in [-0.4, -0.2) is 36.5 Å². The van der Waals surface area contributed by atoms with E-state index in [0.29, 0.717) is 5.92 Å². The van der Waals surface area contributed by atoms with E-state index in [1.165, 1.54) is 0 Å². The maximum atomic E-state index is 6.08. The molecular formula is C15H22BNO3. The van der Waals surface area contributed by atoms with Crippen molar-refractivity contribution in [1.29, 1.82) is 0 Å². The van der Waals surface area contributed by atoms with Crippen LogP contribution in [0.5, 0.6) is 0 Å². The molecule has 0 spiro atoms. The summed E-state index contributed by atoms with van der Waals surface area (Å²) in [5.41, 5.74) is 1.53. The highest BCUT2D eigenvalue weighted by Gasteiger charge is 2.51. The summed E-state index contributed by atoms with van der Waals surface area (Å²) in [6.07, 6.45) is 2.81. The second kappa shape index (κ2) is 4.83. The molecule has 1 aromatic rings. The van der Waals surface area contributed by atoms with Crippen LogP contribution in [0.3, 0.4) is 0 Å². The van der Waals surface area contributed by atoms with Gasteiger partial charge in [-0.15, -0.1) is 0 Å². The zero-order valence-electron chi connectivity index (χ0n) is 12.7. The first kappa shape index (κ1) is 14.0. The summed E-state index contributed by atoms with van der Waals surface area (Å²) in [7, 11) is -0.306. The number of pyridine rings is 1. The Bertz CT molecular complexity index is 484. The van der Waals surface area contributed by atoms with E-state index >= 15 is 0 Å². The molecule has 2 aliphatic heterocycles. The zero-order valence-corrected chi connectivity index (χ0v) is 12.7. The largest absolute Gasteiger partial charge is 0.494 e. The Morgan fingerprint density at radius 3 is 2.40 bits per heavy atom. The van der Waals surface area contributed by atoms with Gasteiger partial charge in [0.1, 0.15) is 0 Å². The van der Waals surface area contributed by atoms with E-state index in [2.05, 4.69) is 38.7 Å². The predicted molar refractivity (Wildman–Crippen MR) is 78.0 cm³/mol. The number of hydrogen-bond donors (Lipinski definition) is 0. The lowest BCUT2D eigenvalue weighted by Crippen LogP contribution is -2.41. The van der Waals surface area contributed by atoms with Crippen molar-refractivity contribution in [1.82, 2.24) is 4.98 Å². The van der Waals surface area contributed by atoms with Crippen molar-refractivity contribution in [2.24, 2.45) is 5.92 Å². The van der Waals surface area contributed by atoms with Crippen molar-refractivity contribution in [2.75, 3.05) is 13.2 Å². The minimum Gasteiger partial charge on any atom is -0.399 e. The molecule has 0 aliphatic carbocycles. The van der Waals surface area contributed by atoms with Gasteiger partial charge in [-0.25, -0.2) is 0 Å². The maximum Gasteiger partial charge on any atom is 0.494 e. The molecule has 0 bridgehead atoms. The van der Waals surface area contributed by atoms with E-state index in [9.17, 15) is 0 Å². The number of ether oxygens (including phenoxy) is 1. The number of rotatable bonds is 3. The molecule has 0 N–H and O–H groups in total. The molecule has 2 saturated heterocycles. The lowest BCUT2D eigenvalue weighted by atomic mass is 9.79. The first-order valence-electron chi connectivity index (χ1n) is 7.26. The molecule has 0 saturated carbocycles. The molecule has 2 aliphatic rings. The van der Waals surface area contributed by atoms with E-state index in [1.54, 1.807) is 0 Å². The Balaban J connectivity index is 1.76. The third kappa shape index (κ3) is 2.50. The lowest BCUT2D eigenvalue weighted by molar-refractivity contribution is -0.0316. The molecule has 5 heteroatoms. The van der Waals surface area contributed by atoms with Gasteiger partial charge in [-0.3, -0.25) is 4.98 Å². The molecule has 0 amide bonds. The average molecular weight is 275 g/mol. The van der Waals surface area contributed by atoms with Crippen LogP contribution in [-0.2, 0) is 20.5 Å². The summed E-state index contributed by atoms with van der Waals surface area (Å²) in [6.45, 7) is 9.98. The minimum absolute atomic E-state index is 0.303. The molecule has 1 aromatic heterocycles. The van der Waals surface area contributed by atoms with Gasteiger partial charge >= 0.3 is 7.12 Å². The van der Waals surface area contributed by atoms with Crippen molar-refractivity contribution >= 4 is 12.6 Å². The van der Waals surface area contributed by atoms with E-state index in [0.717, 1.165) is 30.8 Å². The third-order valence-electron chi connectivity index (χ3n) is 4.57. The second-order valence-corrected chi connectivity index (χ2v) is 6.78. The van der Waals surface area contributed by atoms with E-state index < -0.39 is 0 Å². The van der Waals surface area contributed by atoms with E-state index in [1.807, 2.05) is 12.3 Å². The smallest absolute Gasteiger partial charge is 0.399 e. The number of hydrogen-bond acceptors (Lipinski definition) is 4. The summed E-state index contributed by atoms with van der Waals surface area (Å²) >= 11 is 0. The van der Waals surface area contributed by atoms with E-state index in [-0.39, 0.29) is 18.3 Å². The fraction of sp³-hybridized carbons (Fsp3) is 0.667. The Morgan fingerprint density at radius 2 is 1.85 bits per heavy atom. The van der Waals surface area contributed by atoms with Gasteiger partial charge in [0.2, 0.25) is 0 Å². The van der Waals surface area contributed by atoms with Crippen molar-refractivity contribution < 1.29 is 14.0 Å². The van der Waals surface area contributed by atoms with Crippen LogP contribution in [0.4, 0.5) is 0 Å². The number of nitrogens with zero attached hydrogens (tertiary/aromatic N) is 1. The van der Waals surface area contributed by atoms with Gasteiger partial charge in [-0.1, -0.05) is 0 Å². The normalized spacial score (nSPS) is 24.7. The molecule has 4 nitrogen and oxygen atoms in total. The second-order valence-electron chi connectivity index (χ2n) is 6.78. The summed E-state index contributed by atoms with van der Waals surface area (Å²) in [5.74, 6) is 0.607. The van der Waals surface area contributed by atoms with Gasteiger partial charge in [-0.2, -0.15) is 0 Å². The monoisotopic (exact) mass is 275 g/mol. The third-order valence-corrected chi connectivity index (χ3v) is 4.57. The fourth-order valence-corrected chi connectivity index (χ4v) is 2.43. The van der Waals surface area contributed by atoms with E-state index in [4.69, 9.17) is 14.0 Å². The van der Waals surface area contributed by atoms with Crippen molar-refractivity contribution in [3.05, 3.63) is 24.0 Å². The zero-order chi connectivity index (χ0) is 14.4. The molecule has 0 radical (unpaired) electrons. The Labute approximate surface area is 121 Å². The van der Waals surface area contributed by atoms with Crippen molar-refractivity contribution in [2.45, 2.75) is 45.3 Å². The summed E-state index contributed by atoms with van der Waals surface area (Å²) < 4.78 is 17.4. The van der Waals surface area contributed by atoms with Crippen LogP contribution < -0.4 is 5.46 Å². The predicted octanol–water partition coefficient (Wildman–Crippen LogP) is 1.57. The first-order chi connectivity index (χ1) is 9.37. The lowest BCUT2D eigenvalue weighted by Gasteiger charge is -2.32. The molecule has 108 valence electrons. The van der Waals surface area contributed by atoms with Crippen LogP contribution in [0.2, 0.25) is 0 Å². The Hall–Kier alpha value is -0.905. The molecule has 0 unspecified atom stereocenters. The highest BCUT2D eigenvalue weighted by molar-refractivity contribution is 6.62. The van der Waals surface area contributed by atoms with Gasteiger partial charge in [0.25, 0.3) is 0 Å². The molecule has 3 heterocycles. The Morgan fingerprint density at radius 1 is 1.20 bits per heavy atom. The topological polar surface area (TPSA) is 40.6 Å². The molecular weight excluding hydrogens is 253 g/mol. The molecule has 0 aromatic carbocycles. The summed E-state index contributed by atoms with van der Waals surface area (Å²) in [6, 6.07) is 4.07. The van der Waals surface area contributed by atoms with Crippen LogP contribution in [0.25, 0.3) is 0 Å². The molecule has 20 heavy (non-hydrogen) atoms. The van der Waals surface area contributed by atoms with Gasteiger partial charge < -0.3 is 14.0 Å². The van der Waals surface area contributed by atoms with Crippen LogP contribution in [0, 0.1) is 5.92 Å². The van der Waals surface area contributed by atoms with Gasteiger partial charge in [0.05, 0.1) is 24.4 Å². The summed E-state index contributed by atoms with van der Waals surface area (Å²) in [5, 5.41) is 0. The van der Waals surface area contributed by atoms with Gasteiger partial charge in [0, 0.05) is 17.8 Å². The summed E-state index contributed by atoms with van der Waals surface area (Å²) in [4.78, 5) is 4.44. The highest BCUT2D eigenvalue weighted by Crippen LogP contribution is 2.36. The minimum atomic E-state index is -0.306. The standard InChI is InChI=1S/C15H22BNO3/c1-14(2)15(3,4)20-16(19-14)12-5-6-17-13(8-12)7-11-9-18-10-11/h5-6,8,11H,7,9-10H2,1-4H3. The van der Waals surface area contributed by atoms with Crippen LogP contribution >= 0.6 is 0 Å². The van der Waals surface area contributed by atoms with Gasteiger partial charge in [0.15, 0.2) is 0 Å². The average Bonchev–Trinajstić information content (AvgIpc) is 2.54. The maximum absolute atomic E-state index is 6.08. The van der Waals surface area contributed by atoms with Gasteiger partial charge in [-0.05, 0) is 51.7 Å². The SMILES string of the molecule is CC1(C)OB(c2ccnc(CC3COC3)c2)OC1(C)C. The number of aromatic nitrogens is 1. The Kier molecular flexibility index (Phi) is 3.39. The highest BCUT2D eigenvalue weighted by atomic mass is 16.7. The fourth-order valence-electron chi connectivity index (χ4n) is 2.43. The quantitative estimate of drug-likeness (QED) is 0.785. The van der Waals surface area contributed by atoms with Crippen LogP contribution in [0.15, 0.2) is 18.3 Å². The van der Waals surface area contributed by atoms with Crippen molar-refractivity contribution in [3.63, 3.8) is 0 Å². The first-order valence-corrected chi connectivity index (χ1v) is 7.26.